The van der Waals surface area contributed by atoms with Crippen LogP contribution in [0.15, 0.2) is 24.0 Å². The quantitative estimate of drug-likeness (QED) is 0.647. The molecule has 3 heteroatoms. The molecule has 2 N–H and O–H groups in total. The predicted octanol–water partition coefficient (Wildman–Crippen LogP) is 1.34. The van der Waals surface area contributed by atoms with E-state index in [1.54, 1.807) is 0 Å². The molecule has 0 saturated heterocycles. The third-order valence-electron chi connectivity index (χ3n) is 2.22. The molecule has 0 fully saturated rings. The van der Waals surface area contributed by atoms with E-state index < -0.39 is 17.8 Å². The Kier molecular flexibility index (Phi) is 2.88. The average Bonchev–Trinajstić information content (AvgIpc) is 2.24. The maximum atomic E-state index is 10.9. The first kappa shape index (κ1) is 9.99. The fraction of sp³-hybridized carbons (Fsp3) is 0.500. The van der Waals surface area contributed by atoms with E-state index in [1.807, 2.05) is 6.92 Å². The summed E-state index contributed by atoms with van der Waals surface area (Å²) in [5.74, 6) is -0.827. The summed E-state index contributed by atoms with van der Waals surface area (Å²) in [5, 5.41) is 18.6. The molecule has 3 nitrogen and oxygen atoms in total. The van der Waals surface area contributed by atoms with Crippen molar-refractivity contribution < 1.29 is 15.0 Å². The van der Waals surface area contributed by atoms with E-state index in [9.17, 15) is 15.0 Å². The van der Waals surface area contributed by atoms with Gasteiger partial charge in [0.05, 0.1) is 5.92 Å². The number of hydrogen-bond donors (Lipinski definition) is 2. The van der Waals surface area contributed by atoms with E-state index in [0.717, 1.165) is 11.6 Å². The van der Waals surface area contributed by atoms with Crippen LogP contribution in [0.1, 0.15) is 19.8 Å². The number of aliphatic hydroxyl groups is 2. The van der Waals surface area contributed by atoms with Gasteiger partial charge in [-0.25, -0.2) is 0 Å². The van der Waals surface area contributed by atoms with Crippen molar-refractivity contribution in [2.45, 2.75) is 25.9 Å². The van der Waals surface area contributed by atoms with Crippen LogP contribution in [0.3, 0.4) is 0 Å². The molecule has 0 aromatic rings. The lowest BCUT2D eigenvalue weighted by atomic mass is 9.96. The van der Waals surface area contributed by atoms with Gasteiger partial charge in [-0.05, 0) is 19.8 Å². The summed E-state index contributed by atoms with van der Waals surface area (Å²) in [7, 11) is 0. The first-order valence-electron chi connectivity index (χ1n) is 4.29. The molecule has 72 valence electrons. The monoisotopic (exact) mass is 182 g/mol. The molecule has 0 amide bonds. The van der Waals surface area contributed by atoms with Gasteiger partial charge >= 0.3 is 0 Å². The standard InChI is InChI=1S/C10H14O3/c1-6(2)3-4-7-8(11)5-9(12)10(7)13/h5,7,10-11,13H,1,3-4H2,2H3. The molecule has 13 heavy (non-hydrogen) atoms. The Balaban J connectivity index is 2.56. The molecule has 2 atom stereocenters. The van der Waals surface area contributed by atoms with Crippen molar-refractivity contribution in [1.29, 1.82) is 0 Å². The zero-order chi connectivity index (χ0) is 10.0. The van der Waals surface area contributed by atoms with E-state index in [4.69, 9.17) is 0 Å². The minimum atomic E-state index is -1.06. The highest BCUT2D eigenvalue weighted by atomic mass is 16.3. The van der Waals surface area contributed by atoms with E-state index in [1.165, 1.54) is 0 Å². The summed E-state index contributed by atoms with van der Waals surface area (Å²) in [6.45, 7) is 5.60. The number of hydrogen-bond acceptors (Lipinski definition) is 3. The molecule has 0 saturated carbocycles. The number of rotatable bonds is 3. The molecule has 0 spiro atoms. The van der Waals surface area contributed by atoms with E-state index in [-0.39, 0.29) is 5.76 Å². The summed E-state index contributed by atoms with van der Waals surface area (Å²) >= 11 is 0. The first-order valence-corrected chi connectivity index (χ1v) is 4.29. The van der Waals surface area contributed by atoms with Crippen molar-refractivity contribution in [1.82, 2.24) is 0 Å². The Morgan fingerprint density at radius 1 is 1.69 bits per heavy atom. The lowest BCUT2D eigenvalue weighted by molar-refractivity contribution is -0.122. The lowest BCUT2D eigenvalue weighted by Gasteiger charge is -2.13. The number of carbonyl (C=O) groups is 1. The van der Waals surface area contributed by atoms with Gasteiger partial charge < -0.3 is 10.2 Å². The van der Waals surface area contributed by atoms with Gasteiger partial charge in [-0.3, -0.25) is 4.79 Å². The fourth-order valence-corrected chi connectivity index (χ4v) is 1.41. The van der Waals surface area contributed by atoms with Gasteiger partial charge in [0.25, 0.3) is 0 Å². The summed E-state index contributed by atoms with van der Waals surface area (Å²) in [6, 6.07) is 0. The number of ketones is 1. The molecule has 0 heterocycles. The largest absolute Gasteiger partial charge is 0.512 e. The summed E-state index contributed by atoms with van der Waals surface area (Å²) in [6.07, 6.45) is 1.34. The van der Waals surface area contributed by atoms with Gasteiger partial charge in [-0.1, -0.05) is 5.57 Å². The SMILES string of the molecule is C=C(C)CCC1C(O)=CC(=O)C1O. The molecule has 0 aliphatic heterocycles. The van der Waals surface area contributed by atoms with E-state index in [2.05, 4.69) is 6.58 Å². The van der Waals surface area contributed by atoms with Gasteiger partial charge in [0.2, 0.25) is 0 Å². The lowest BCUT2D eigenvalue weighted by Crippen LogP contribution is -2.23. The fourth-order valence-electron chi connectivity index (χ4n) is 1.41. The minimum Gasteiger partial charge on any atom is -0.512 e. The van der Waals surface area contributed by atoms with Crippen LogP contribution in [0.2, 0.25) is 0 Å². The van der Waals surface area contributed by atoms with Crippen LogP contribution >= 0.6 is 0 Å². The second kappa shape index (κ2) is 3.75. The van der Waals surface area contributed by atoms with Crippen molar-refractivity contribution in [2.75, 3.05) is 0 Å². The zero-order valence-electron chi connectivity index (χ0n) is 7.66. The minimum absolute atomic E-state index is 0.00116. The van der Waals surface area contributed by atoms with Crippen LogP contribution in [0, 0.1) is 5.92 Å². The second-order valence-corrected chi connectivity index (χ2v) is 3.52. The van der Waals surface area contributed by atoms with Crippen molar-refractivity contribution >= 4 is 5.78 Å². The van der Waals surface area contributed by atoms with Gasteiger partial charge in [0, 0.05) is 6.08 Å². The molecule has 0 aromatic heterocycles. The Labute approximate surface area is 77.4 Å². The maximum Gasteiger partial charge on any atom is 0.188 e. The molecule has 0 bridgehead atoms. The smallest absolute Gasteiger partial charge is 0.188 e. The number of carbonyl (C=O) groups excluding carboxylic acids is 1. The summed E-state index contributed by atoms with van der Waals surface area (Å²) < 4.78 is 0. The predicted molar refractivity (Wildman–Crippen MR) is 49.3 cm³/mol. The normalized spacial score (nSPS) is 27.5. The Morgan fingerprint density at radius 2 is 2.31 bits per heavy atom. The van der Waals surface area contributed by atoms with Gasteiger partial charge in [-0.15, -0.1) is 6.58 Å². The van der Waals surface area contributed by atoms with Crippen molar-refractivity contribution in [2.24, 2.45) is 5.92 Å². The Morgan fingerprint density at radius 3 is 2.69 bits per heavy atom. The zero-order valence-corrected chi connectivity index (χ0v) is 7.66. The van der Waals surface area contributed by atoms with Crippen molar-refractivity contribution in [3.05, 3.63) is 24.0 Å². The van der Waals surface area contributed by atoms with E-state index >= 15 is 0 Å². The number of allylic oxidation sites excluding steroid dienone is 1. The van der Waals surface area contributed by atoms with Gasteiger partial charge in [0.1, 0.15) is 11.9 Å². The van der Waals surface area contributed by atoms with Crippen molar-refractivity contribution in [3.8, 4) is 0 Å². The number of aliphatic hydroxyl groups excluding tert-OH is 2. The molecule has 1 aliphatic rings. The van der Waals surface area contributed by atoms with E-state index in [0.29, 0.717) is 12.8 Å². The van der Waals surface area contributed by atoms with Crippen LogP contribution in [-0.4, -0.2) is 22.1 Å². The van der Waals surface area contributed by atoms with Crippen LogP contribution in [0.4, 0.5) is 0 Å². The van der Waals surface area contributed by atoms with Crippen LogP contribution in [0.25, 0.3) is 0 Å². The highest BCUT2D eigenvalue weighted by Gasteiger charge is 2.34. The maximum absolute atomic E-state index is 10.9. The Bertz CT molecular complexity index is 265. The van der Waals surface area contributed by atoms with Crippen molar-refractivity contribution in [3.63, 3.8) is 0 Å². The van der Waals surface area contributed by atoms with Gasteiger partial charge in [-0.2, -0.15) is 0 Å². The second-order valence-electron chi connectivity index (χ2n) is 3.52. The summed E-state index contributed by atoms with van der Waals surface area (Å²) in [4.78, 5) is 10.9. The molecule has 1 aliphatic carbocycles. The average molecular weight is 182 g/mol. The molecular formula is C10H14O3. The summed E-state index contributed by atoms with van der Waals surface area (Å²) in [5.41, 5.74) is 0.986. The van der Waals surface area contributed by atoms with Crippen LogP contribution in [0.5, 0.6) is 0 Å². The molecule has 1 rings (SSSR count). The molecular weight excluding hydrogens is 168 g/mol. The molecule has 0 radical (unpaired) electrons. The van der Waals surface area contributed by atoms with Gasteiger partial charge in [0.15, 0.2) is 5.78 Å². The molecule has 2 unspecified atom stereocenters. The highest BCUT2D eigenvalue weighted by Crippen LogP contribution is 2.27. The topological polar surface area (TPSA) is 57.5 Å². The Hall–Kier alpha value is -1.09. The van der Waals surface area contributed by atoms with Crippen LogP contribution in [-0.2, 0) is 4.79 Å². The van der Waals surface area contributed by atoms with Crippen LogP contribution < -0.4 is 0 Å². The highest BCUT2D eigenvalue weighted by molar-refractivity contribution is 5.96. The third kappa shape index (κ3) is 2.18. The molecule has 0 aromatic carbocycles. The first-order chi connectivity index (χ1) is 6.02. The third-order valence-corrected chi connectivity index (χ3v) is 2.22.